The molecule has 1 atom stereocenters. The molecule has 1 aromatic carbocycles. The van der Waals surface area contributed by atoms with Crippen molar-refractivity contribution in [3.8, 4) is 5.75 Å². The third kappa shape index (κ3) is 5.24. The minimum absolute atomic E-state index is 0.219. The van der Waals surface area contributed by atoms with Crippen molar-refractivity contribution < 1.29 is 32.4 Å². The highest BCUT2D eigenvalue weighted by Crippen LogP contribution is 2.42. The summed E-state index contributed by atoms with van der Waals surface area (Å²) < 4.78 is 50.4. The van der Waals surface area contributed by atoms with Crippen LogP contribution < -0.4 is 4.74 Å². The molecule has 2 rings (SSSR count). The fourth-order valence-electron chi connectivity index (χ4n) is 2.83. The van der Waals surface area contributed by atoms with Crippen LogP contribution in [-0.2, 0) is 10.9 Å². The van der Waals surface area contributed by atoms with Crippen LogP contribution in [0.25, 0.3) is 0 Å². The van der Waals surface area contributed by atoms with Crippen molar-refractivity contribution in [1.29, 1.82) is 0 Å². The van der Waals surface area contributed by atoms with Crippen molar-refractivity contribution in [2.45, 2.75) is 51.4 Å². The smallest absolute Gasteiger partial charge is 0.426 e. The Morgan fingerprint density at radius 1 is 1.33 bits per heavy atom. The maximum absolute atomic E-state index is 13.3. The zero-order valence-electron chi connectivity index (χ0n) is 15.2. The SMILES string of the molecule is CC(C)(C)OC(=O)N1CCC[C@@H]1COc1cccc([N+](=O)[O-])c1C(F)(F)F. The summed E-state index contributed by atoms with van der Waals surface area (Å²) in [5, 5.41) is 10.9. The summed E-state index contributed by atoms with van der Waals surface area (Å²) in [7, 11) is 0. The van der Waals surface area contributed by atoms with Crippen LogP contribution in [0.1, 0.15) is 39.2 Å². The molecule has 1 fully saturated rings. The molecule has 0 radical (unpaired) electrons. The predicted molar refractivity (Wildman–Crippen MR) is 89.6 cm³/mol. The average molecular weight is 390 g/mol. The van der Waals surface area contributed by atoms with Crippen LogP contribution in [0.2, 0.25) is 0 Å². The number of nitro benzene ring substituents is 1. The van der Waals surface area contributed by atoms with Gasteiger partial charge in [-0.2, -0.15) is 13.2 Å². The highest BCUT2D eigenvalue weighted by molar-refractivity contribution is 5.69. The second-order valence-electron chi connectivity index (χ2n) is 7.19. The number of hydrogen-bond donors (Lipinski definition) is 0. The van der Waals surface area contributed by atoms with Crippen LogP contribution in [-0.4, -0.2) is 40.7 Å². The van der Waals surface area contributed by atoms with E-state index in [9.17, 15) is 28.1 Å². The van der Waals surface area contributed by atoms with Crippen molar-refractivity contribution in [2.24, 2.45) is 0 Å². The number of carbonyl (C=O) groups is 1. The molecule has 27 heavy (non-hydrogen) atoms. The summed E-state index contributed by atoms with van der Waals surface area (Å²) in [5.41, 5.74) is -3.21. The van der Waals surface area contributed by atoms with E-state index in [1.54, 1.807) is 20.8 Å². The maximum Gasteiger partial charge on any atom is 0.426 e. The lowest BCUT2D eigenvalue weighted by atomic mass is 10.1. The van der Waals surface area contributed by atoms with Crippen molar-refractivity contribution in [2.75, 3.05) is 13.2 Å². The fourth-order valence-corrected chi connectivity index (χ4v) is 2.83. The Hall–Kier alpha value is -2.52. The number of nitro groups is 1. The van der Waals surface area contributed by atoms with E-state index < -0.39 is 45.8 Å². The molecular formula is C17H21F3N2O5. The van der Waals surface area contributed by atoms with Crippen molar-refractivity contribution in [3.05, 3.63) is 33.9 Å². The second-order valence-corrected chi connectivity index (χ2v) is 7.19. The molecule has 1 aromatic rings. The van der Waals surface area contributed by atoms with Crippen LogP contribution in [0.15, 0.2) is 18.2 Å². The molecule has 1 saturated heterocycles. The van der Waals surface area contributed by atoms with E-state index in [0.717, 1.165) is 18.2 Å². The number of hydrogen-bond acceptors (Lipinski definition) is 5. The number of likely N-dealkylation sites (tertiary alicyclic amines) is 1. The first-order valence-corrected chi connectivity index (χ1v) is 8.37. The minimum atomic E-state index is -4.94. The van der Waals surface area contributed by atoms with Gasteiger partial charge >= 0.3 is 12.3 Å². The van der Waals surface area contributed by atoms with E-state index in [1.165, 1.54) is 4.90 Å². The molecule has 0 saturated carbocycles. The van der Waals surface area contributed by atoms with Crippen molar-refractivity contribution >= 4 is 11.8 Å². The number of ether oxygens (including phenoxy) is 2. The zero-order chi connectivity index (χ0) is 20.4. The van der Waals surface area contributed by atoms with Gasteiger partial charge < -0.3 is 14.4 Å². The standard InChI is InChI=1S/C17H21F3N2O5/c1-16(2,3)27-15(23)21-9-5-6-11(21)10-26-13-8-4-7-12(22(24)25)14(13)17(18,19)20/h4,7-8,11H,5-6,9-10H2,1-3H3/t11-/m1/s1. The normalized spacial score (nSPS) is 17.7. The molecule has 0 unspecified atom stereocenters. The maximum atomic E-state index is 13.3. The van der Waals surface area contributed by atoms with E-state index in [1.807, 2.05) is 0 Å². The van der Waals surface area contributed by atoms with Gasteiger partial charge in [-0.15, -0.1) is 0 Å². The Bertz CT molecular complexity index is 716. The topological polar surface area (TPSA) is 81.9 Å². The largest absolute Gasteiger partial charge is 0.491 e. The lowest BCUT2D eigenvalue weighted by Crippen LogP contribution is -2.42. The van der Waals surface area contributed by atoms with Gasteiger partial charge in [-0.25, -0.2) is 4.79 Å². The van der Waals surface area contributed by atoms with Gasteiger partial charge in [0.2, 0.25) is 0 Å². The van der Waals surface area contributed by atoms with Crippen LogP contribution in [0.4, 0.5) is 23.7 Å². The Labute approximate surface area is 154 Å². The lowest BCUT2D eigenvalue weighted by molar-refractivity contribution is -0.388. The summed E-state index contributed by atoms with van der Waals surface area (Å²) in [6, 6.07) is 2.46. The molecule has 1 aliphatic rings. The minimum Gasteiger partial charge on any atom is -0.491 e. The second kappa shape index (κ2) is 7.61. The summed E-state index contributed by atoms with van der Waals surface area (Å²) >= 11 is 0. The molecule has 150 valence electrons. The van der Waals surface area contributed by atoms with Gasteiger partial charge in [-0.3, -0.25) is 10.1 Å². The number of alkyl halides is 3. The van der Waals surface area contributed by atoms with E-state index in [2.05, 4.69) is 0 Å². The molecule has 1 heterocycles. The molecular weight excluding hydrogens is 369 g/mol. The summed E-state index contributed by atoms with van der Waals surface area (Å²) in [6.07, 6.45) is -4.31. The zero-order valence-corrected chi connectivity index (χ0v) is 15.2. The van der Waals surface area contributed by atoms with Crippen molar-refractivity contribution in [3.63, 3.8) is 0 Å². The van der Waals surface area contributed by atoms with Crippen molar-refractivity contribution in [1.82, 2.24) is 4.90 Å². The van der Waals surface area contributed by atoms with E-state index in [4.69, 9.17) is 9.47 Å². The van der Waals surface area contributed by atoms with Gasteiger partial charge in [0.15, 0.2) is 5.56 Å². The van der Waals surface area contributed by atoms with Gasteiger partial charge in [0.05, 0.1) is 11.0 Å². The lowest BCUT2D eigenvalue weighted by Gasteiger charge is -2.28. The summed E-state index contributed by atoms with van der Waals surface area (Å²) in [5.74, 6) is -0.632. The van der Waals surface area contributed by atoms with Gasteiger partial charge in [0, 0.05) is 12.6 Å². The number of carbonyl (C=O) groups excluding carboxylic acids is 1. The molecule has 1 aliphatic heterocycles. The van der Waals surface area contributed by atoms with Gasteiger partial charge in [0.1, 0.15) is 18.0 Å². The first-order valence-electron chi connectivity index (χ1n) is 8.37. The first-order chi connectivity index (χ1) is 12.4. The van der Waals surface area contributed by atoms with Gasteiger partial charge in [-0.1, -0.05) is 6.07 Å². The highest BCUT2D eigenvalue weighted by Gasteiger charge is 2.42. The molecule has 0 aliphatic carbocycles. The molecule has 1 amide bonds. The number of rotatable bonds is 4. The number of halogens is 3. The predicted octanol–water partition coefficient (Wildman–Crippen LogP) is 4.39. The number of nitrogens with zero attached hydrogens (tertiary/aromatic N) is 2. The first kappa shape index (κ1) is 20.8. The highest BCUT2D eigenvalue weighted by atomic mass is 19.4. The van der Waals surface area contributed by atoms with E-state index in [0.29, 0.717) is 19.4 Å². The Morgan fingerprint density at radius 2 is 2.00 bits per heavy atom. The Morgan fingerprint density at radius 3 is 2.56 bits per heavy atom. The molecule has 0 spiro atoms. The summed E-state index contributed by atoms with van der Waals surface area (Å²) in [6.45, 7) is 5.33. The third-order valence-corrected chi connectivity index (χ3v) is 3.92. The monoisotopic (exact) mass is 390 g/mol. The van der Waals surface area contributed by atoms with E-state index >= 15 is 0 Å². The molecule has 0 aromatic heterocycles. The van der Waals surface area contributed by atoms with E-state index in [-0.39, 0.29) is 6.61 Å². The van der Waals surface area contributed by atoms with Gasteiger partial charge in [-0.05, 0) is 39.7 Å². The Kier molecular flexibility index (Phi) is 5.86. The molecule has 0 bridgehead atoms. The van der Waals surface area contributed by atoms with Crippen LogP contribution in [0, 0.1) is 10.1 Å². The molecule has 10 heteroatoms. The van der Waals surface area contributed by atoms with Crippen LogP contribution in [0.3, 0.4) is 0 Å². The quantitative estimate of drug-likeness (QED) is 0.562. The number of benzene rings is 1. The van der Waals surface area contributed by atoms with Crippen LogP contribution in [0.5, 0.6) is 5.75 Å². The molecule has 0 N–H and O–H groups in total. The van der Waals surface area contributed by atoms with Gasteiger partial charge in [0.25, 0.3) is 5.69 Å². The fraction of sp³-hybridized carbons (Fsp3) is 0.588. The Balaban J connectivity index is 2.17. The third-order valence-electron chi connectivity index (χ3n) is 3.92. The summed E-state index contributed by atoms with van der Waals surface area (Å²) in [4.78, 5) is 23.5. The molecule has 7 nitrogen and oxygen atoms in total. The van der Waals surface area contributed by atoms with Crippen LogP contribution >= 0.6 is 0 Å². The average Bonchev–Trinajstić information content (AvgIpc) is 2.98. The number of amides is 1.